The minimum absolute atomic E-state index is 0.0160. The normalized spacial score (nSPS) is 16.6. The molecule has 116 valence electrons. The van der Waals surface area contributed by atoms with Crippen molar-refractivity contribution >= 4 is 11.9 Å². The van der Waals surface area contributed by atoms with E-state index in [9.17, 15) is 9.59 Å². The molecule has 1 aliphatic carbocycles. The van der Waals surface area contributed by atoms with Gasteiger partial charge in [0.05, 0.1) is 23.7 Å². The molecule has 1 fully saturated rings. The molecule has 2 rings (SSSR count). The first-order valence-electron chi connectivity index (χ1n) is 7.40. The van der Waals surface area contributed by atoms with Crippen molar-refractivity contribution < 1.29 is 14.7 Å². The Balaban J connectivity index is 2.10. The van der Waals surface area contributed by atoms with E-state index in [0.29, 0.717) is 11.5 Å². The van der Waals surface area contributed by atoms with E-state index in [1.807, 2.05) is 11.6 Å². The van der Waals surface area contributed by atoms with Crippen molar-refractivity contribution in [1.29, 1.82) is 0 Å². The average Bonchev–Trinajstić information content (AvgIpc) is 2.67. The maximum atomic E-state index is 12.4. The van der Waals surface area contributed by atoms with E-state index in [4.69, 9.17) is 5.11 Å². The van der Waals surface area contributed by atoms with Crippen LogP contribution in [0, 0.1) is 12.8 Å². The average molecular weight is 293 g/mol. The van der Waals surface area contributed by atoms with Gasteiger partial charge in [0.15, 0.2) is 0 Å². The number of carboxylic acids is 1. The van der Waals surface area contributed by atoms with E-state index in [-0.39, 0.29) is 12.3 Å². The lowest BCUT2D eigenvalue weighted by atomic mass is 9.74. The van der Waals surface area contributed by atoms with E-state index >= 15 is 0 Å². The van der Waals surface area contributed by atoms with Gasteiger partial charge in [-0.25, -0.2) is 0 Å². The maximum absolute atomic E-state index is 12.4. The van der Waals surface area contributed by atoms with Gasteiger partial charge in [0, 0.05) is 12.2 Å². The monoisotopic (exact) mass is 293 g/mol. The number of hydrogen-bond acceptors (Lipinski definition) is 3. The van der Waals surface area contributed by atoms with Gasteiger partial charge in [-0.15, -0.1) is 0 Å². The maximum Gasteiger partial charge on any atom is 0.305 e. The first-order valence-corrected chi connectivity index (χ1v) is 7.40. The van der Waals surface area contributed by atoms with Crippen molar-refractivity contribution in [2.75, 3.05) is 0 Å². The lowest BCUT2D eigenvalue weighted by Gasteiger charge is -2.41. The predicted molar refractivity (Wildman–Crippen MR) is 78.1 cm³/mol. The lowest BCUT2D eigenvalue weighted by Crippen LogP contribution is -2.54. The van der Waals surface area contributed by atoms with Crippen LogP contribution in [0.3, 0.4) is 0 Å². The molecule has 2 N–H and O–H groups in total. The predicted octanol–water partition coefficient (Wildman–Crippen LogP) is 1.97. The topological polar surface area (TPSA) is 84.2 Å². The largest absolute Gasteiger partial charge is 0.481 e. The zero-order valence-electron chi connectivity index (χ0n) is 12.8. The number of nitrogens with zero attached hydrogens (tertiary/aromatic N) is 2. The molecule has 1 amide bonds. The number of aliphatic carboxylic acids is 1. The van der Waals surface area contributed by atoms with Crippen molar-refractivity contribution in [2.45, 2.75) is 58.5 Å². The summed E-state index contributed by atoms with van der Waals surface area (Å²) in [4.78, 5) is 23.3. The number of nitrogens with one attached hydrogen (secondary N) is 1. The highest BCUT2D eigenvalue weighted by atomic mass is 16.4. The molecular weight excluding hydrogens is 270 g/mol. The molecule has 6 nitrogen and oxygen atoms in total. The van der Waals surface area contributed by atoms with Crippen molar-refractivity contribution in [3.05, 3.63) is 17.5 Å². The Hall–Kier alpha value is -1.85. The number of carbonyl (C=O) groups excluding carboxylic acids is 1. The second kappa shape index (κ2) is 5.87. The fourth-order valence-electron chi connectivity index (χ4n) is 2.75. The third-order valence-corrected chi connectivity index (χ3v) is 4.06. The Morgan fingerprint density at radius 3 is 2.62 bits per heavy atom. The molecule has 1 heterocycles. The number of hydrogen-bond donors (Lipinski definition) is 2. The Labute approximate surface area is 124 Å². The highest BCUT2D eigenvalue weighted by molar-refractivity contribution is 5.95. The van der Waals surface area contributed by atoms with E-state index in [2.05, 4.69) is 24.3 Å². The summed E-state index contributed by atoms with van der Waals surface area (Å²) in [7, 11) is 0. The summed E-state index contributed by atoms with van der Waals surface area (Å²) in [5, 5.41) is 16.2. The van der Waals surface area contributed by atoms with Crippen LogP contribution in [0.25, 0.3) is 0 Å². The molecule has 1 aliphatic rings. The molecule has 6 heteroatoms. The standard InChI is InChI=1S/C15H23N3O3/c1-10(2)9-18-11(3)12(8-16-18)14(21)17-15(5-4-6-15)7-13(19)20/h8,10H,4-7,9H2,1-3H3,(H,17,21)(H,19,20). The summed E-state index contributed by atoms with van der Waals surface area (Å²) < 4.78 is 1.82. The van der Waals surface area contributed by atoms with Crippen LogP contribution in [0.15, 0.2) is 6.20 Å². The van der Waals surface area contributed by atoms with Gasteiger partial charge in [-0.3, -0.25) is 14.3 Å². The van der Waals surface area contributed by atoms with Crippen molar-refractivity contribution in [2.24, 2.45) is 5.92 Å². The van der Waals surface area contributed by atoms with Crippen LogP contribution in [0.1, 0.15) is 55.6 Å². The van der Waals surface area contributed by atoms with Crippen LogP contribution < -0.4 is 5.32 Å². The highest BCUT2D eigenvalue weighted by Crippen LogP contribution is 2.35. The van der Waals surface area contributed by atoms with Crippen LogP contribution in [0.5, 0.6) is 0 Å². The van der Waals surface area contributed by atoms with Crippen molar-refractivity contribution in [3.8, 4) is 0 Å². The summed E-state index contributed by atoms with van der Waals surface area (Å²) in [6.45, 7) is 6.82. The Morgan fingerprint density at radius 1 is 1.48 bits per heavy atom. The molecule has 0 bridgehead atoms. The summed E-state index contributed by atoms with van der Waals surface area (Å²) in [6, 6.07) is 0. The molecule has 0 unspecified atom stereocenters. The van der Waals surface area contributed by atoms with Gasteiger partial charge in [-0.2, -0.15) is 5.10 Å². The third-order valence-electron chi connectivity index (χ3n) is 4.06. The quantitative estimate of drug-likeness (QED) is 0.840. The smallest absolute Gasteiger partial charge is 0.305 e. The summed E-state index contributed by atoms with van der Waals surface area (Å²) in [6.07, 6.45) is 3.96. The van der Waals surface area contributed by atoms with Gasteiger partial charge in [-0.1, -0.05) is 13.8 Å². The number of amides is 1. The van der Waals surface area contributed by atoms with E-state index in [1.165, 1.54) is 0 Å². The third kappa shape index (κ3) is 3.43. The SMILES string of the molecule is Cc1c(C(=O)NC2(CC(=O)O)CCC2)cnn1CC(C)C. The number of aromatic nitrogens is 2. The van der Waals surface area contributed by atoms with Crippen LogP contribution in [0.2, 0.25) is 0 Å². The zero-order chi connectivity index (χ0) is 15.6. The molecule has 1 aromatic heterocycles. The molecule has 0 aromatic carbocycles. The number of carboxylic acid groups (broad SMARTS) is 1. The Bertz CT molecular complexity index is 544. The summed E-state index contributed by atoms with van der Waals surface area (Å²) in [5.41, 5.74) is 0.786. The minimum Gasteiger partial charge on any atom is -0.481 e. The molecule has 0 atom stereocenters. The van der Waals surface area contributed by atoms with Crippen molar-refractivity contribution in [1.82, 2.24) is 15.1 Å². The molecule has 0 spiro atoms. The fourth-order valence-corrected chi connectivity index (χ4v) is 2.75. The van der Waals surface area contributed by atoms with E-state index < -0.39 is 11.5 Å². The van der Waals surface area contributed by atoms with Gasteiger partial charge in [0.25, 0.3) is 5.91 Å². The number of carbonyl (C=O) groups is 2. The molecule has 1 aromatic rings. The first-order chi connectivity index (χ1) is 9.83. The summed E-state index contributed by atoms with van der Waals surface area (Å²) in [5.74, 6) is -0.643. The van der Waals surface area contributed by atoms with Gasteiger partial charge in [0.1, 0.15) is 0 Å². The van der Waals surface area contributed by atoms with Gasteiger partial charge < -0.3 is 10.4 Å². The second-order valence-corrected chi connectivity index (χ2v) is 6.38. The molecule has 0 aliphatic heterocycles. The molecular formula is C15H23N3O3. The lowest BCUT2D eigenvalue weighted by molar-refractivity contribution is -0.139. The van der Waals surface area contributed by atoms with Crippen LogP contribution in [-0.4, -0.2) is 32.3 Å². The highest BCUT2D eigenvalue weighted by Gasteiger charge is 2.40. The summed E-state index contributed by atoms with van der Waals surface area (Å²) >= 11 is 0. The van der Waals surface area contributed by atoms with E-state index in [0.717, 1.165) is 31.5 Å². The molecule has 21 heavy (non-hydrogen) atoms. The number of rotatable bonds is 6. The van der Waals surface area contributed by atoms with Crippen LogP contribution >= 0.6 is 0 Å². The van der Waals surface area contributed by atoms with Gasteiger partial charge in [-0.05, 0) is 32.1 Å². The van der Waals surface area contributed by atoms with Crippen LogP contribution in [-0.2, 0) is 11.3 Å². The first kappa shape index (κ1) is 15.5. The Morgan fingerprint density at radius 2 is 2.14 bits per heavy atom. The molecule has 0 radical (unpaired) electrons. The fraction of sp³-hybridized carbons (Fsp3) is 0.667. The van der Waals surface area contributed by atoms with E-state index in [1.54, 1.807) is 6.20 Å². The van der Waals surface area contributed by atoms with Gasteiger partial charge >= 0.3 is 5.97 Å². The van der Waals surface area contributed by atoms with Crippen LogP contribution in [0.4, 0.5) is 0 Å². The minimum atomic E-state index is -0.873. The second-order valence-electron chi connectivity index (χ2n) is 6.38. The zero-order valence-corrected chi connectivity index (χ0v) is 12.8. The van der Waals surface area contributed by atoms with Gasteiger partial charge in [0.2, 0.25) is 0 Å². The molecule has 1 saturated carbocycles. The molecule has 0 saturated heterocycles. The Kier molecular flexibility index (Phi) is 4.34. The van der Waals surface area contributed by atoms with Crippen molar-refractivity contribution in [3.63, 3.8) is 0 Å².